The van der Waals surface area contributed by atoms with E-state index in [0.29, 0.717) is 18.7 Å². The lowest BCUT2D eigenvalue weighted by Gasteiger charge is -2.20. The Bertz CT molecular complexity index is 669. The highest BCUT2D eigenvalue weighted by molar-refractivity contribution is 5.77. The quantitative estimate of drug-likeness (QED) is 0.717. The Morgan fingerprint density at radius 1 is 1.08 bits per heavy atom. The molecule has 0 radical (unpaired) electrons. The SMILES string of the molecule is CC(=O)CNCCC(Oc1ccc(C(F)(F)F)cc1)c1ccccc1. The number of ether oxygens (including phenoxy) is 1. The Balaban J connectivity index is 2.06. The van der Waals surface area contributed by atoms with Gasteiger partial charge >= 0.3 is 6.18 Å². The zero-order valence-corrected chi connectivity index (χ0v) is 13.8. The predicted molar refractivity (Wildman–Crippen MR) is 89.4 cm³/mol. The van der Waals surface area contributed by atoms with Crippen LogP contribution in [0.2, 0.25) is 0 Å². The fourth-order valence-corrected chi connectivity index (χ4v) is 2.35. The molecule has 0 saturated carbocycles. The lowest BCUT2D eigenvalue weighted by molar-refractivity contribution is -0.137. The molecule has 0 fully saturated rings. The average molecular weight is 351 g/mol. The third-order valence-corrected chi connectivity index (χ3v) is 3.59. The fourth-order valence-electron chi connectivity index (χ4n) is 2.35. The first-order valence-electron chi connectivity index (χ1n) is 7.95. The molecule has 0 aromatic heterocycles. The third-order valence-electron chi connectivity index (χ3n) is 3.59. The van der Waals surface area contributed by atoms with Crippen molar-refractivity contribution in [3.63, 3.8) is 0 Å². The molecule has 2 rings (SSSR count). The minimum absolute atomic E-state index is 0.0416. The smallest absolute Gasteiger partial charge is 0.416 e. The zero-order chi connectivity index (χ0) is 18.3. The Labute approximate surface area is 144 Å². The molecule has 1 N–H and O–H groups in total. The summed E-state index contributed by atoms with van der Waals surface area (Å²) in [6.07, 6.45) is -4.11. The molecule has 2 aromatic carbocycles. The van der Waals surface area contributed by atoms with Crippen molar-refractivity contribution < 1.29 is 22.7 Å². The van der Waals surface area contributed by atoms with Crippen LogP contribution in [0.15, 0.2) is 54.6 Å². The molecule has 0 amide bonds. The number of hydrogen-bond acceptors (Lipinski definition) is 3. The number of carbonyl (C=O) groups is 1. The van der Waals surface area contributed by atoms with Crippen LogP contribution >= 0.6 is 0 Å². The molecule has 0 aliphatic heterocycles. The second-order valence-electron chi connectivity index (χ2n) is 5.71. The minimum atomic E-state index is -4.37. The van der Waals surface area contributed by atoms with Gasteiger partial charge in [-0.25, -0.2) is 0 Å². The fraction of sp³-hybridized carbons (Fsp3) is 0.316. The number of halogens is 3. The molecule has 6 heteroatoms. The van der Waals surface area contributed by atoms with Gasteiger partial charge in [0.25, 0.3) is 0 Å². The molecule has 0 heterocycles. The minimum Gasteiger partial charge on any atom is -0.486 e. The summed E-state index contributed by atoms with van der Waals surface area (Å²) in [6.45, 7) is 2.34. The number of benzene rings is 2. The van der Waals surface area contributed by atoms with Crippen LogP contribution in [0, 0.1) is 0 Å². The highest BCUT2D eigenvalue weighted by Crippen LogP contribution is 2.31. The van der Waals surface area contributed by atoms with Crippen molar-refractivity contribution in [2.45, 2.75) is 25.6 Å². The lowest BCUT2D eigenvalue weighted by atomic mass is 10.1. The lowest BCUT2D eigenvalue weighted by Crippen LogP contribution is -2.24. The molecule has 0 aliphatic carbocycles. The maximum Gasteiger partial charge on any atom is 0.416 e. The maximum absolute atomic E-state index is 12.6. The van der Waals surface area contributed by atoms with Crippen LogP contribution in [0.4, 0.5) is 13.2 Å². The molecule has 2 aromatic rings. The van der Waals surface area contributed by atoms with E-state index in [4.69, 9.17) is 4.74 Å². The topological polar surface area (TPSA) is 38.3 Å². The van der Waals surface area contributed by atoms with E-state index in [-0.39, 0.29) is 18.4 Å². The first-order valence-corrected chi connectivity index (χ1v) is 7.95. The number of Topliss-reactive ketones (excluding diaryl/α,β-unsaturated/α-hetero) is 1. The van der Waals surface area contributed by atoms with Crippen molar-refractivity contribution in [3.05, 3.63) is 65.7 Å². The van der Waals surface area contributed by atoms with Gasteiger partial charge in [-0.1, -0.05) is 30.3 Å². The van der Waals surface area contributed by atoms with Crippen molar-refractivity contribution in [1.82, 2.24) is 5.32 Å². The molecule has 0 spiro atoms. The summed E-state index contributed by atoms with van der Waals surface area (Å²) in [6, 6.07) is 14.1. The molecular weight excluding hydrogens is 331 g/mol. The van der Waals surface area contributed by atoms with E-state index in [0.717, 1.165) is 17.7 Å². The van der Waals surface area contributed by atoms with Crippen LogP contribution in [-0.4, -0.2) is 18.9 Å². The number of rotatable bonds is 8. The highest BCUT2D eigenvalue weighted by atomic mass is 19.4. The van der Waals surface area contributed by atoms with Gasteiger partial charge < -0.3 is 10.1 Å². The first kappa shape index (κ1) is 19.0. The molecule has 3 nitrogen and oxygen atoms in total. The van der Waals surface area contributed by atoms with E-state index in [9.17, 15) is 18.0 Å². The van der Waals surface area contributed by atoms with Crippen LogP contribution in [0.25, 0.3) is 0 Å². The summed E-state index contributed by atoms with van der Waals surface area (Å²) >= 11 is 0. The second-order valence-corrected chi connectivity index (χ2v) is 5.71. The summed E-state index contributed by atoms with van der Waals surface area (Å²) in [5.74, 6) is 0.410. The average Bonchev–Trinajstić information content (AvgIpc) is 2.58. The highest BCUT2D eigenvalue weighted by Gasteiger charge is 2.30. The largest absolute Gasteiger partial charge is 0.486 e. The Hall–Kier alpha value is -2.34. The van der Waals surface area contributed by atoms with Crippen molar-refractivity contribution in [3.8, 4) is 5.75 Å². The van der Waals surface area contributed by atoms with Crippen molar-refractivity contribution in [2.24, 2.45) is 0 Å². The molecule has 0 aliphatic rings. The van der Waals surface area contributed by atoms with Crippen molar-refractivity contribution in [1.29, 1.82) is 0 Å². The standard InChI is InChI=1S/C19H20F3NO2/c1-14(24)13-23-12-11-18(15-5-3-2-4-6-15)25-17-9-7-16(8-10-17)19(20,21)22/h2-10,18,23H,11-13H2,1H3. The maximum atomic E-state index is 12.6. The van der Waals surface area contributed by atoms with E-state index >= 15 is 0 Å². The van der Waals surface area contributed by atoms with Gasteiger partial charge in [0.05, 0.1) is 12.1 Å². The van der Waals surface area contributed by atoms with Crippen LogP contribution < -0.4 is 10.1 Å². The van der Waals surface area contributed by atoms with Gasteiger partial charge in [-0.15, -0.1) is 0 Å². The summed E-state index contributed by atoms with van der Waals surface area (Å²) < 4.78 is 43.8. The van der Waals surface area contributed by atoms with E-state index in [2.05, 4.69) is 5.32 Å². The molecule has 1 unspecified atom stereocenters. The monoisotopic (exact) mass is 351 g/mol. The summed E-state index contributed by atoms with van der Waals surface area (Å²) in [5.41, 5.74) is 0.214. The van der Waals surface area contributed by atoms with E-state index in [1.165, 1.54) is 19.1 Å². The van der Waals surface area contributed by atoms with E-state index < -0.39 is 11.7 Å². The van der Waals surface area contributed by atoms with E-state index in [1.54, 1.807) is 0 Å². The number of ketones is 1. The van der Waals surface area contributed by atoms with Gasteiger partial charge in [-0.2, -0.15) is 13.2 Å². The van der Waals surface area contributed by atoms with Gasteiger partial charge in [0.1, 0.15) is 17.6 Å². The molecular formula is C19H20F3NO2. The zero-order valence-electron chi connectivity index (χ0n) is 13.8. The van der Waals surface area contributed by atoms with Crippen molar-refractivity contribution in [2.75, 3.05) is 13.1 Å². The number of nitrogens with one attached hydrogen (secondary N) is 1. The van der Waals surface area contributed by atoms with E-state index in [1.807, 2.05) is 30.3 Å². The molecule has 1 atom stereocenters. The molecule has 134 valence electrons. The van der Waals surface area contributed by atoms with Crippen molar-refractivity contribution >= 4 is 5.78 Å². The predicted octanol–water partition coefficient (Wildman–Crippen LogP) is 4.39. The van der Waals surface area contributed by atoms with Gasteiger partial charge in [-0.05, 0) is 43.3 Å². The van der Waals surface area contributed by atoms with Gasteiger partial charge in [-0.3, -0.25) is 4.79 Å². The van der Waals surface area contributed by atoms with Crippen LogP contribution in [0.5, 0.6) is 5.75 Å². The second kappa shape index (κ2) is 8.67. The normalized spacial score (nSPS) is 12.6. The summed E-state index contributed by atoms with van der Waals surface area (Å²) in [5, 5.41) is 3.02. The third kappa shape index (κ3) is 6.23. The number of alkyl halides is 3. The Morgan fingerprint density at radius 2 is 1.72 bits per heavy atom. The van der Waals surface area contributed by atoms with Gasteiger partial charge in [0.2, 0.25) is 0 Å². The summed E-state index contributed by atoms with van der Waals surface area (Å²) in [4.78, 5) is 11.0. The Morgan fingerprint density at radius 3 is 2.28 bits per heavy atom. The number of carbonyl (C=O) groups excluding carboxylic acids is 1. The van der Waals surface area contributed by atoms with Gasteiger partial charge in [0, 0.05) is 6.42 Å². The summed E-state index contributed by atoms with van der Waals surface area (Å²) in [7, 11) is 0. The Kier molecular flexibility index (Phi) is 6.58. The number of hydrogen-bond donors (Lipinski definition) is 1. The molecule has 25 heavy (non-hydrogen) atoms. The molecule has 0 saturated heterocycles. The van der Waals surface area contributed by atoms with Crippen LogP contribution in [0.3, 0.4) is 0 Å². The van der Waals surface area contributed by atoms with Crippen LogP contribution in [-0.2, 0) is 11.0 Å². The van der Waals surface area contributed by atoms with Gasteiger partial charge in [0.15, 0.2) is 0 Å². The molecule has 0 bridgehead atoms. The van der Waals surface area contributed by atoms with Crippen LogP contribution in [0.1, 0.15) is 30.6 Å². The first-order chi connectivity index (χ1) is 11.9.